The van der Waals surface area contributed by atoms with E-state index in [9.17, 15) is 0 Å². The van der Waals surface area contributed by atoms with Gasteiger partial charge in [-0.3, -0.25) is 0 Å². The fourth-order valence-electron chi connectivity index (χ4n) is 4.14. The molecule has 0 aliphatic rings. The van der Waals surface area contributed by atoms with Crippen LogP contribution >= 0.6 is 0 Å². The fourth-order valence-corrected chi connectivity index (χ4v) is 4.14. The summed E-state index contributed by atoms with van der Waals surface area (Å²) in [4.78, 5) is 4.95. The first kappa shape index (κ1) is 26.3. The molecule has 4 heteroatoms. The van der Waals surface area contributed by atoms with Gasteiger partial charge in [0.05, 0.1) is 32.9 Å². The number of aliphatic imine (C=N–C) groups is 1. The van der Waals surface area contributed by atoms with Crippen molar-refractivity contribution in [3.8, 4) is 11.5 Å². The molecule has 0 aliphatic carbocycles. The van der Waals surface area contributed by atoms with E-state index in [1.807, 2.05) is 42.5 Å². The van der Waals surface area contributed by atoms with Crippen LogP contribution in [0.15, 0.2) is 71.7 Å². The van der Waals surface area contributed by atoms with Gasteiger partial charge in [0.2, 0.25) is 5.90 Å². The lowest BCUT2D eigenvalue weighted by Crippen LogP contribution is -2.21. The molecule has 0 fully saturated rings. The zero-order chi connectivity index (χ0) is 25.8. The Bertz CT molecular complexity index is 1100. The van der Waals surface area contributed by atoms with Crippen molar-refractivity contribution < 1.29 is 14.2 Å². The zero-order valence-corrected chi connectivity index (χ0v) is 22.6. The largest absolute Gasteiger partial charge is 0.496 e. The van der Waals surface area contributed by atoms with Crippen LogP contribution in [-0.4, -0.2) is 27.2 Å². The van der Waals surface area contributed by atoms with E-state index in [-0.39, 0.29) is 16.7 Å². The van der Waals surface area contributed by atoms with E-state index in [1.54, 1.807) is 21.3 Å². The summed E-state index contributed by atoms with van der Waals surface area (Å²) in [6.45, 7) is 13.3. The Balaban J connectivity index is 2.39. The monoisotopic (exact) mass is 473 g/mol. The van der Waals surface area contributed by atoms with Gasteiger partial charge in [0.1, 0.15) is 11.5 Å². The summed E-state index contributed by atoms with van der Waals surface area (Å²) < 4.78 is 17.8. The van der Waals surface area contributed by atoms with Gasteiger partial charge < -0.3 is 14.2 Å². The summed E-state index contributed by atoms with van der Waals surface area (Å²) in [6.07, 6.45) is 0. The van der Waals surface area contributed by atoms with E-state index >= 15 is 0 Å². The van der Waals surface area contributed by atoms with Gasteiger partial charge in [-0.1, -0.05) is 84.0 Å². The lowest BCUT2D eigenvalue weighted by molar-refractivity contribution is 0.375. The van der Waals surface area contributed by atoms with Crippen molar-refractivity contribution in [1.29, 1.82) is 0 Å². The lowest BCUT2D eigenvalue weighted by Gasteiger charge is -2.28. The Kier molecular flexibility index (Phi) is 7.94. The van der Waals surface area contributed by atoms with Gasteiger partial charge in [0.25, 0.3) is 0 Å². The van der Waals surface area contributed by atoms with Gasteiger partial charge in [-0.15, -0.1) is 0 Å². The molecule has 0 aromatic heterocycles. The quantitative estimate of drug-likeness (QED) is 0.271. The van der Waals surface area contributed by atoms with Crippen molar-refractivity contribution in [2.45, 2.75) is 58.3 Å². The summed E-state index contributed by atoms with van der Waals surface area (Å²) in [5, 5.41) is 0. The standard InChI is InChI=1S/C31H39NO3/c1-30(2,3)21-15-17-26(33-7)24(19-21)28(29(35-9)32-23-13-11-10-12-14-23)25-20-22(31(4,5)6)16-18-27(25)34-8/h10-20,28H,1-9H3. The molecule has 35 heavy (non-hydrogen) atoms. The molecule has 0 bridgehead atoms. The molecular weight excluding hydrogens is 434 g/mol. The van der Waals surface area contributed by atoms with Gasteiger partial charge >= 0.3 is 0 Å². The van der Waals surface area contributed by atoms with Crippen LogP contribution in [0.2, 0.25) is 0 Å². The van der Waals surface area contributed by atoms with Crippen molar-refractivity contribution in [3.05, 3.63) is 89.0 Å². The fraction of sp³-hybridized carbons (Fsp3) is 0.387. The van der Waals surface area contributed by atoms with Crippen LogP contribution in [0.25, 0.3) is 0 Å². The molecule has 186 valence electrons. The van der Waals surface area contributed by atoms with E-state index in [1.165, 1.54) is 11.1 Å². The lowest BCUT2D eigenvalue weighted by atomic mass is 9.80. The topological polar surface area (TPSA) is 40.0 Å². The molecule has 0 aliphatic heterocycles. The third-order valence-electron chi connectivity index (χ3n) is 6.27. The van der Waals surface area contributed by atoms with Gasteiger partial charge in [0, 0.05) is 11.1 Å². The van der Waals surface area contributed by atoms with Crippen LogP contribution in [0.5, 0.6) is 11.5 Å². The minimum atomic E-state index is -0.338. The van der Waals surface area contributed by atoms with E-state index in [0.717, 1.165) is 28.3 Å². The summed E-state index contributed by atoms with van der Waals surface area (Å²) in [7, 11) is 5.08. The number of ether oxygens (including phenoxy) is 3. The highest BCUT2D eigenvalue weighted by Crippen LogP contribution is 2.42. The molecule has 0 heterocycles. The minimum Gasteiger partial charge on any atom is -0.496 e. The predicted octanol–water partition coefficient (Wildman–Crippen LogP) is 7.81. The second-order valence-electron chi connectivity index (χ2n) is 10.8. The van der Waals surface area contributed by atoms with E-state index in [0.29, 0.717) is 5.90 Å². The number of hydrogen-bond donors (Lipinski definition) is 0. The van der Waals surface area contributed by atoms with Crippen LogP contribution in [0, 0.1) is 0 Å². The second-order valence-corrected chi connectivity index (χ2v) is 10.8. The first-order valence-electron chi connectivity index (χ1n) is 12.0. The maximum Gasteiger partial charge on any atom is 0.200 e. The third-order valence-corrected chi connectivity index (χ3v) is 6.27. The number of nitrogens with zero attached hydrogens (tertiary/aromatic N) is 1. The molecule has 3 rings (SSSR count). The molecule has 0 saturated heterocycles. The molecule has 0 saturated carbocycles. The normalized spacial score (nSPS) is 12.6. The SMILES string of the molecule is COC(=Nc1ccccc1)C(c1cc(C(C)(C)C)ccc1OC)c1cc(C(C)(C)C)ccc1OC. The summed E-state index contributed by atoms with van der Waals surface area (Å²) >= 11 is 0. The van der Waals surface area contributed by atoms with Crippen LogP contribution in [0.3, 0.4) is 0 Å². The van der Waals surface area contributed by atoms with Crippen LogP contribution in [-0.2, 0) is 15.6 Å². The van der Waals surface area contributed by atoms with E-state index in [2.05, 4.69) is 65.8 Å². The van der Waals surface area contributed by atoms with E-state index < -0.39 is 0 Å². The summed E-state index contributed by atoms with van der Waals surface area (Å²) in [5.41, 5.74) is 5.14. The Morgan fingerprint density at radius 2 is 1.11 bits per heavy atom. The minimum absolute atomic E-state index is 0.0350. The van der Waals surface area contributed by atoms with Crippen LogP contribution in [0.4, 0.5) is 5.69 Å². The molecule has 3 aromatic carbocycles. The Morgan fingerprint density at radius 3 is 1.49 bits per heavy atom. The summed E-state index contributed by atoms with van der Waals surface area (Å²) in [5.74, 6) is 1.80. The van der Waals surface area contributed by atoms with Crippen molar-refractivity contribution in [1.82, 2.24) is 0 Å². The highest BCUT2D eigenvalue weighted by molar-refractivity contribution is 5.91. The highest BCUT2D eigenvalue weighted by atomic mass is 16.5. The maximum absolute atomic E-state index is 6.01. The van der Waals surface area contributed by atoms with Gasteiger partial charge in [-0.25, -0.2) is 4.99 Å². The van der Waals surface area contributed by atoms with Crippen molar-refractivity contribution >= 4 is 11.6 Å². The molecule has 0 atom stereocenters. The predicted molar refractivity (Wildman–Crippen MR) is 146 cm³/mol. The second kappa shape index (κ2) is 10.6. The van der Waals surface area contributed by atoms with Crippen LogP contribution < -0.4 is 9.47 Å². The molecule has 0 spiro atoms. The van der Waals surface area contributed by atoms with E-state index in [4.69, 9.17) is 19.2 Å². The van der Waals surface area contributed by atoms with Gasteiger partial charge in [-0.05, 0) is 46.2 Å². The molecule has 0 N–H and O–H groups in total. The Morgan fingerprint density at radius 1 is 0.657 bits per heavy atom. The molecule has 3 aromatic rings. The third kappa shape index (κ3) is 6.05. The highest BCUT2D eigenvalue weighted by Gasteiger charge is 2.31. The average Bonchev–Trinajstić information content (AvgIpc) is 2.82. The Hall–Kier alpha value is -3.27. The van der Waals surface area contributed by atoms with Crippen molar-refractivity contribution in [3.63, 3.8) is 0 Å². The number of para-hydroxylation sites is 1. The number of hydrogen-bond acceptors (Lipinski definition) is 4. The smallest absolute Gasteiger partial charge is 0.200 e. The number of methoxy groups -OCH3 is 3. The number of rotatable bonds is 6. The number of benzene rings is 3. The molecule has 0 unspecified atom stereocenters. The first-order valence-corrected chi connectivity index (χ1v) is 12.0. The Labute approximate surface area is 211 Å². The van der Waals surface area contributed by atoms with Crippen molar-refractivity contribution in [2.24, 2.45) is 4.99 Å². The zero-order valence-electron chi connectivity index (χ0n) is 22.6. The maximum atomic E-state index is 6.01. The average molecular weight is 474 g/mol. The van der Waals surface area contributed by atoms with Gasteiger partial charge in [-0.2, -0.15) is 0 Å². The molecule has 0 radical (unpaired) electrons. The molecule has 4 nitrogen and oxygen atoms in total. The van der Waals surface area contributed by atoms with Crippen LogP contribution in [0.1, 0.15) is 69.7 Å². The van der Waals surface area contributed by atoms with Gasteiger partial charge in [0.15, 0.2) is 0 Å². The summed E-state index contributed by atoms with van der Waals surface area (Å²) in [6, 6.07) is 22.6. The van der Waals surface area contributed by atoms with Crippen molar-refractivity contribution in [2.75, 3.05) is 21.3 Å². The molecular formula is C31H39NO3. The molecule has 0 amide bonds. The first-order chi connectivity index (χ1) is 16.5.